The lowest BCUT2D eigenvalue weighted by Crippen LogP contribution is -2.32. The smallest absolute Gasteiger partial charge is 0.233 e. The second kappa shape index (κ2) is 5.90. The van der Waals surface area contributed by atoms with Gasteiger partial charge in [0.2, 0.25) is 9.05 Å². The van der Waals surface area contributed by atoms with Crippen LogP contribution in [0.3, 0.4) is 0 Å². The normalized spacial score (nSPS) is 18.4. The fourth-order valence-electron chi connectivity index (χ4n) is 2.61. The molecule has 0 unspecified atom stereocenters. The molecule has 19 heavy (non-hydrogen) atoms. The Kier molecular flexibility index (Phi) is 4.64. The lowest BCUT2D eigenvalue weighted by molar-refractivity contribution is 0.171. The van der Waals surface area contributed by atoms with Crippen LogP contribution in [0.1, 0.15) is 25.7 Å². The average molecular weight is 323 g/mol. The molecule has 0 saturated heterocycles. The minimum absolute atomic E-state index is 0.0257. The molecule has 0 aliphatic heterocycles. The third kappa shape index (κ3) is 4.55. The van der Waals surface area contributed by atoms with Gasteiger partial charge in [-0.1, -0.05) is 30.5 Å². The second-order valence-electron chi connectivity index (χ2n) is 5.14. The van der Waals surface area contributed by atoms with Gasteiger partial charge < -0.3 is 4.74 Å². The molecule has 1 fully saturated rings. The maximum atomic E-state index is 11.3. The van der Waals surface area contributed by atoms with E-state index in [0.717, 1.165) is 25.7 Å². The largest absolute Gasteiger partial charge is 0.493 e. The number of rotatable bonds is 5. The first-order valence-corrected chi connectivity index (χ1v) is 9.05. The van der Waals surface area contributed by atoms with E-state index in [1.54, 1.807) is 18.2 Å². The van der Waals surface area contributed by atoms with Crippen LogP contribution < -0.4 is 4.74 Å². The van der Waals surface area contributed by atoms with Crippen LogP contribution >= 0.6 is 22.3 Å². The van der Waals surface area contributed by atoms with Crippen molar-refractivity contribution in [1.29, 1.82) is 0 Å². The highest BCUT2D eigenvalue weighted by Crippen LogP contribution is 2.40. The van der Waals surface area contributed by atoms with Gasteiger partial charge in [-0.2, -0.15) is 0 Å². The summed E-state index contributed by atoms with van der Waals surface area (Å²) in [5, 5.41) is 0.600. The van der Waals surface area contributed by atoms with E-state index >= 15 is 0 Å². The SMILES string of the molecule is O=S(=O)(Cl)CC1(COc2cccc(Cl)c2)CCCC1. The van der Waals surface area contributed by atoms with E-state index in [4.69, 9.17) is 27.0 Å². The van der Waals surface area contributed by atoms with Gasteiger partial charge in [-0.15, -0.1) is 0 Å². The van der Waals surface area contributed by atoms with Crippen LogP contribution in [0, 0.1) is 5.41 Å². The minimum Gasteiger partial charge on any atom is -0.493 e. The molecule has 6 heteroatoms. The van der Waals surface area contributed by atoms with E-state index in [1.807, 2.05) is 6.07 Å². The maximum Gasteiger partial charge on any atom is 0.233 e. The second-order valence-corrected chi connectivity index (χ2v) is 8.35. The first-order chi connectivity index (χ1) is 8.89. The molecule has 2 rings (SSSR count). The summed E-state index contributed by atoms with van der Waals surface area (Å²) in [4.78, 5) is 0. The molecular weight excluding hydrogens is 307 g/mol. The summed E-state index contributed by atoms with van der Waals surface area (Å²) < 4.78 is 28.4. The van der Waals surface area contributed by atoms with Crippen molar-refractivity contribution in [3.05, 3.63) is 29.3 Å². The Hall–Kier alpha value is -0.450. The van der Waals surface area contributed by atoms with Crippen LogP contribution in [0.5, 0.6) is 5.75 Å². The first kappa shape index (κ1) is 14.9. The van der Waals surface area contributed by atoms with Gasteiger partial charge >= 0.3 is 0 Å². The molecule has 0 atom stereocenters. The van der Waals surface area contributed by atoms with Gasteiger partial charge in [0.05, 0.1) is 12.4 Å². The van der Waals surface area contributed by atoms with Crippen molar-refractivity contribution < 1.29 is 13.2 Å². The molecule has 106 valence electrons. The predicted octanol–water partition coefficient (Wildman–Crippen LogP) is 3.85. The van der Waals surface area contributed by atoms with Crippen LogP contribution in [-0.4, -0.2) is 20.8 Å². The average Bonchev–Trinajstić information content (AvgIpc) is 2.73. The van der Waals surface area contributed by atoms with Gasteiger partial charge in [0.1, 0.15) is 5.75 Å². The third-order valence-electron chi connectivity index (χ3n) is 3.48. The Balaban J connectivity index is 2.05. The van der Waals surface area contributed by atoms with E-state index in [-0.39, 0.29) is 11.2 Å². The lowest BCUT2D eigenvalue weighted by Gasteiger charge is -2.27. The van der Waals surface area contributed by atoms with Gasteiger partial charge in [0.15, 0.2) is 0 Å². The Morgan fingerprint density at radius 2 is 1.95 bits per heavy atom. The Labute approximate surface area is 123 Å². The van der Waals surface area contributed by atoms with E-state index in [9.17, 15) is 8.42 Å². The fraction of sp³-hybridized carbons (Fsp3) is 0.538. The topological polar surface area (TPSA) is 43.4 Å². The molecule has 3 nitrogen and oxygen atoms in total. The highest BCUT2D eigenvalue weighted by Gasteiger charge is 2.38. The first-order valence-electron chi connectivity index (χ1n) is 6.19. The summed E-state index contributed by atoms with van der Waals surface area (Å²) in [5.74, 6) is 0.632. The molecule has 0 radical (unpaired) electrons. The molecule has 0 heterocycles. The zero-order chi connectivity index (χ0) is 13.9. The van der Waals surface area contributed by atoms with E-state index in [1.165, 1.54) is 0 Å². The van der Waals surface area contributed by atoms with E-state index in [0.29, 0.717) is 17.4 Å². The maximum absolute atomic E-state index is 11.3. The monoisotopic (exact) mass is 322 g/mol. The van der Waals surface area contributed by atoms with Crippen molar-refractivity contribution in [2.45, 2.75) is 25.7 Å². The van der Waals surface area contributed by atoms with Gasteiger partial charge in [-0.05, 0) is 31.0 Å². The van der Waals surface area contributed by atoms with Crippen LogP contribution in [0.4, 0.5) is 0 Å². The van der Waals surface area contributed by atoms with Gasteiger partial charge in [-0.25, -0.2) is 8.42 Å². The van der Waals surface area contributed by atoms with Crippen LogP contribution in [0.2, 0.25) is 5.02 Å². The van der Waals surface area contributed by atoms with Crippen molar-refractivity contribution in [3.8, 4) is 5.75 Å². The Morgan fingerprint density at radius 1 is 1.26 bits per heavy atom. The number of benzene rings is 1. The van der Waals surface area contributed by atoms with E-state index < -0.39 is 9.05 Å². The molecule has 0 spiro atoms. The van der Waals surface area contributed by atoms with E-state index in [2.05, 4.69) is 0 Å². The molecule has 0 bridgehead atoms. The van der Waals surface area contributed by atoms with Crippen LogP contribution in [0.15, 0.2) is 24.3 Å². The Morgan fingerprint density at radius 3 is 2.53 bits per heavy atom. The van der Waals surface area contributed by atoms with Crippen molar-refractivity contribution >= 4 is 31.3 Å². The molecular formula is C13H16Cl2O3S. The molecule has 1 aromatic rings. The number of hydrogen-bond donors (Lipinski definition) is 0. The van der Waals surface area contributed by atoms with Crippen molar-refractivity contribution in [2.24, 2.45) is 5.41 Å². The van der Waals surface area contributed by atoms with Gasteiger partial charge in [-0.3, -0.25) is 0 Å². The predicted molar refractivity (Wildman–Crippen MR) is 77.5 cm³/mol. The van der Waals surface area contributed by atoms with Crippen molar-refractivity contribution in [3.63, 3.8) is 0 Å². The summed E-state index contributed by atoms with van der Waals surface area (Å²) >= 11 is 5.88. The molecule has 0 N–H and O–H groups in total. The molecule has 0 amide bonds. The summed E-state index contributed by atoms with van der Waals surface area (Å²) in [6.07, 6.45) is 3.70. The minimum atomic E-state index is -3.51. The van der Waals surface area contributed by atoms with Crippen LogP contribution in [-0.2, 0) is 9.05 Å². The number of ether oxygens (including phenoxy) is 1. The van der Waals surface area contributed by atoms with Crippen LogP contribution in [0.25, 0.3) is 0 Å². The highest BCUT2D eigenvalue weighted by molar-refractivity contribution is 8.13. The zero-order valence-electron chi connectivity index (χ0n) is 10.4. The molecule has 0 aromatic heterocycles. The molecule has 1 aliphatic carbocycles. The number of hydrogen-bond acceptors (Lipinski definition) is 3. The zero-order valence-corrected chi connectivity index (χ0v) is 12.8. The standard InChI is InChI=1S/C13H16Cl2O3S/c14-11-4-3-5-12(8-11)18-9-13(6-1-2-7-13)10-19(15,16)17/h3-5,8H,1-2,6-7,9-10H2. The van der Waals surface area contributed by atoms with Crippen molar-refractivity contribution in [1.82, 2.24) is 0 Å². The van der Waals surface area contributed by atoms with Crippen molar-refractivity contribution in [2.75, 3.05) is 12.4 Å². The van der Waals surface area contributed by atoms with Gasteiger partial charge in [0.25, 0.3) is 0 Å². The molecule has 1 aromatic carbocycles. The molecule has 1 saturated carbocycles. The summed E-state index contributed by atoms with van der Waals surface area (Å²) in [7, 11) is 1.89. The third-order valence-corrected chi connectivity index (χ3v) is 5.00. The fourth-order valence-corrected chi connectivity index (χ4v) is 4.59. The summed E-state index contributed by atoms with van der Waals surface area (Å²) in [5.41, 5.74) is -0.358. The molecule has 1 aliphatic rings. The Bertz CT molecular complexity index is 537. The quantitative estimate of drug-likeness (QED) is 0.773. The summed E-state index contributed by atoms with van der Waals surface area (Å²) in [6.45, 7) is 0.360. The highest BCUT2D eigenvalue weighted by atomic mass is 35.7. The lowest BCUT2D eigenvalue weighted by atomic mass is 9.90. The number of halogens is 2. The van der Waals surface area contributed by atoms with Gasteiger partial charge in [0, 0.05) is 21.1 Å². The summed E-state index contributed by atoms with van der Waals surface area (Å²) in [6, 6.07) is 7.10.